The predicted octanol–water partition coefficient (Wildman–Crippen LogP) is 3.19. The molecule has 3 atom stereocenters. The van der Waals surface area contributed by atoms with Crippen LogP contribution in [0.1, 0.15) is 16.1 Å². The molecule has 3 heterocycles. The lowest BCUT2D eigenvalue weighted by Gasteiger charge is -2.19. The third kappa shape index (κ3) is 4.37. The first-order chi connectivity index (χ1) is 16.3. The average Bonchev–Trinajstić information content (AvgIpc) is 3.52. The van der Waals surface area contributed by atoms with Crippen LogP contribution >= 0.6 is 11.3 Å². The Balaban J connectivity index is 1.22. The Morgan fingerprint density at radius 1 is 1.12 bits per heavy atom. The van der Waals surface area contributed by atoms with Crippen LogP contribution in [0.5, 0.6) is 0 Å². The second-order valence-corrected chi connectivity index (χ2v) is 11.3. The summed E-state index contributed by atoms with van der Waals surface area (Å²) in [5.74, 6) is -0.529. The van der Waals surface area contributed by atoms with Gasteiger partial charge in [-0.2, -0.15) is 4.31 Å². The van der Waals surface area contributed by atoms with Gasteiger partial charge in [-0.25, -0.2) is 8.42 Å². The van der Waals surface area contributed by atoms with Gasteiger partial charge in [-0.05, 0) is 54.3 Å². The van der Waals surface area contributed by atoms with E-state index < -0.39 is 16.3 Å². The molecule has 2 saturated heterocycles. The van der Waals surface area contributed by atoms with Crippen LogP contribution in [0, 0.1) is 5.92 Å². The maximum absolute atomic E-state index is 13.1. The molecule has 10 heteroatoms. The molecule has 2 aliphatic rings. The lowest BCUT2D eigenvalue weighted by atomic mass is 10.1. The number of thiophene rings is 1. The molecule has 0 radical (unpaired) electrons. The highest BCUT2D eigenvalue weighted by Crippen LogP contribution is 2.35. The average molecular weight is 498 g/mol. The number of hydrogen-bond acceptors (Lipinski definition) is 6. The maximum Gasteiger partial charge on any atom is 0.265 e. The second kappa shape index (κ2) is 8.95. The molecule has 0 bridgehead atoms. The van der Waals surface area contributed by atoms with Gasteiger partial charge in [-0.1, -0.05) is 24.8 Å². The smallest absolute Gasteiger partial charge is 0.265 e. The topological polar surface area (TPSA) is 105 Å². The molecule has 2 fully saturated rings. The monoisotopic (exact) mass is 497 g/mol. The second-order valence-electron chi connectivity index (χ2n) is 8.32. The van der Waals surface area contributed by atoms with Gasteiger partial charge in [0.1, 0.15) is 6.23 Å². The molecule has 2 aliphatic heterocycles. The number of carbonyl (C=O) groups excluding carboxylic acids is 2. The van der Waals surface area contributed by atoms with Crippen molar-refractivity contribution in [1.82, 2.24) is 9.62 Å². The number of amides is 2. The van der Waals surface area contributed by atoms with Gasteiger partial charge in [0.2, 0.25) is 15.9 Å². The zero-order valence-electron chi connectivity index (χ0n) is 18.1. The molecule has 2 aromatic carbocycles. The fraction of sp³-hybridized carbons (Fsp3) is 0.250. The molecular formula is C24H23N3O5S2. The minimum absolute atomic E-state index is 0.0183. The van der Waals surface area contributed by atoms with Crippen molar-refractivity contribution in [3.05, 3.63) is 72.1 Å². The third-order valence-electron chi connectivity index (χ3n) is 6.09. The minimum atomic E-state index is -3.70. The van der Waals surface area contributed by atoms with Crippen molar-refractivity contribution in [2.45, 2.75) is 23.6 Å². The first kappa shape index (κ1) is 22.7. The number of carbonyl (C=O) groups is 2. The summed E-state index contributed by atoms with van der Waals surface area (Å²) in [4.78, 5) is 24.8. The van der Waals surface area contributed by atoms with E-state index >= 15 is 0 Å². The standard InChI is InChI=1S/C24H23N3O5S2/c1-2-22(28)26-23-12-16-13-27(14-19(16)32-23)34(30,31)18-9-7-17(8-10-18)25-24(29)21-11-15-5-3-4-6-20(15)33-21/h2-11,16,19,23H,1,12-14H2,(H,25,29)(H,26,28). The normalized spacial score (nSPS) is 22.4. The van der Waals surface area contributed by atoms with E-state index in [-0.39, 0.29) is 35.3 Å². The summed E-state index contributed by atoms with van der Waals surface area (Å²) in [5.41, 5.74) is 0.517. The van der Waals surface area contributed by atoms with Crippen molar-refractivity contribution >= 4 is 48.9 Å². The molecule has 0 saturated carbocycles. The Labute approximate surface area is 201 Å². The number of fused-ring (bicyclic) bond motifs is 2. The van der Waals surface area contributed by atoms with E-state index in [2.05, 4.69) is 17.2 Å². The minimum Gasteiger partial charge on any atom is -0.354 e. The largest absolute Gasteiger partial charge is 0.354 e. The highest BCUT2D eigenvalue weighted by molar-refractivity contribution is 7.89. The number of sulfonamides is 1. The van der Waals surface area contributed by atoms with Crippen molar-refractivity contribution < 1.29 is 22.7 Å². The van der Waals surface area contributed by atoms with Crippen molar-refractivity contribution in [2.24, 2.45) is 5.92 Å². The van der Waals surface area contributed by atoms with E-state index in [1.165, 1.54) is 33.9 Å². The summed E-state index contributed by atoms with van der Waals surface area (Å²) >= 11 is 1.41. The third-order valence-corrected chi connectivity index (χ3v) is 9.05. The zero-order valence-corrected chi connectivity index (χ0v) is 19.8. The van der Waals surface area contributed by atoms with Crippen LogP contribution in [0.3, 0.4) is 0 Å². The van der Waals surface area contributed by atoms with Crippen LogP contribution in [-0.2, 0) is 19.6 Å². The van der Waals surface area contributed by atoms with Crippen LogP contribution in [0.25, 0.3) is 10.1 Å². The highest BCUT2D eigenvalue weighted by Gasteiger charge is 2.46. The molecule has 0 aliphatic carbocycles. The number of anilines is 1. The van der Waals surface area contributed by atoms with Crippen LogP contribution < -0.4 is 10.6 Å². The Kier molecular flexibility index (Phi) is 5.98. The zero-order chi connectivity index (χ0) is 23.9. The molecule has 34 heavy (non-hydrogen) atoms. The Bertz CT molecular complexity index is 1320. The van der Waals surface area contributed by atoms with Gasteiger partial charge in [0, 0.05) is 29.4 Å². The van der Waals surface area contributed by atoms with Gasteiger partial charge in [-0.3, -0.25) is 9.59 Å². The van der Waals surface area contributed by atoms with Gasteiger partial charge >= 0.3 is 0 Å². The van der Waals surface area contributed by atoms with Gasteiger partial charge in [0.15, 0.2) is 0 Å². The van der Waals surface area contributed by atoms with Crippen molar-refractivity contribution in [3.8, 4) is 0 Å². The summed E-state index contributed by atoms with van der Waals surface area (Å²) in [6, 6.07) is 15.8. The first-order valence-electron chi connectivity index (χ1n) is 10.8. The summed E-state index contributed by atoms with van der Waals surface area (Å²) < 4.78 is 34.5. The summed E-state index contributed by atoms with van der Waals surface area (Å²) in [5, 5.41) is 6.54. The number of benzene rings is 2. The fourth-order valence-corrected chi connectivity index (χ4v) is 6.85. The van der Waals surface area contributed by atoms with Crippen LogP contribution in [-0.4, -0.2) is 50.0 Å². The molecule has 3 aromatic rings. The molecule has 1 aromatic heterocycles. The van der Waals surface area contributed by atoms with Gasteiger partial charge in [0.25, 0.3) is 5.91 Å². The SMILES string of the molecule is C=CC(=O)NC1CC2CN(S(=O)(=O)c3ccc(NC(=O)c4cc5ccccc5s4)cc3)CC2O1. The van der Waals surface area contributed by atoms with E-state index in [0.717, 1.165) is 10.1 Å². The number of rotatable bonds is 6. The van der Waals surface area contributed by atoms with E-state index in [9.17, 15) is 18.0 Å². The van der Waals surface area contributed by atoms with Crippen molar-refractivity contribution in [1.29, 1.82) is 0 Å². The number of ether oxygens (including phenoxy) is 1. The molecule has 0 spiro atoms. The molecule has 176 valence electrons. The Morgan fingerprint density at radius 2 is 1.88 bits per heavy atom. The Hall–Kier alpha value is -3.05. The van der Waals surface area contributed by atoms with Gasteiger partial charge < -0.3 is 15.4 Å². The fourth-order valence-electron chi connectivity index (χ4n) is 4.38. The molecule has 5 rings (SSSR count). The molecule has 2 amide bonds. The van der Waals surface area contributed by atoms with E-state index in [0.29, 0.717) is 23.5 Å². The van der Waals surface area contributed by atoms with E-state index in [4.69, 9.17) is 4.74 Å². The van der Waals surface area contributed by atoms with Gasteiger partial charge in [0.05, 0.1) is 15.9 Å². The van der Waals surface area contributed by atoms with Crippen molar-refractivity contribution in [2.75, 3.05) is 18.4 Å². The molecular weight excluding hydrogens is 474 g/mol. The Morgan fingerprint density at radius 3 is 2.59 bits per heavy atom. The quantitative estimate of drug-likeness (QED) is 0.509. The predicted molar refractivity (Wildman–Crippen MR) is 130 cm³/mol. The lowest BCUT2D eigenvalue weighted by Crippen LogP contribution is -2.37. The highest BCUT2D eigenvalue weighted by atomic mass is 32.2. The summed E-state index contributed by atoms with van der Waals surface area (Å²) in [6.45, 7) is 3.99. The summed E-state index contributed by atoms with van der Waals surface area (Å²) in [7, 11) is -3.70. The van der Waals surface area contributed by atoms with E-state index in [1.54, 1.807) is 12.1 Å². The number of nitrogens with zero attached hydrogens (tertiary/aromatic N) is 1. The van der Waals surface area contributed by atoms with Crippen molar-refractivity contribution in [3.63, 3.8) is 0 Å². The molecule has 8 nitrogen and oxygen atoms in total. The first-order valence-corrected chi connectivity index (χ1v) is 13.1. The maximum atomic E-state index is 13.1. The van der Waals surface area contributed by atoms with Gasteiger partial charge in [-0.15, -0.1) is 11.3 Å². The van der Waals surface area contributed by atoms with Crippen LogP contribution in [0.4, 0.5) is 5.69 Å². The number of hydrogen-bond donors (Lipinski definition) is 2. The van der Waals surface area contributed by atoms with Crippen LogP contribution in [0.2, 0.25) is 0 Å². The summed E-state index contributed by atoms with van der Waals surface area (Å²) in [6.07, 6.45) is 1.06. The van der Waals surface area contributed by atoms with E-state index in [1.807, 2.05) is 30.3 Å². The lowest BCUT2D eigenvalue weighted by molar-refractivity contribution is -0.120. The van der Waals surface area contributed by atoms with Crippen LogP contribution in [0.15, 0.2) is 72.1 Å². The molecule has 3 unspecified atom stereocenters. The molecule has 2 N–H and O–H groups in total. The number of nitrogens with one attached hydrogen (secondary N) is 2.